The number of oxime groups is 1. The largest absolute Gasteiger partial charge is 0.490 e. The van der Waals surface area contributed by atoms with Gasteiger partial charge < -0.3 is 24.8 Å². The Bertz CT molecular complexity index is 1120. The quantitative estimate of drug-likeness (QED) is 0.104. The van der Waals surface area contributed by atoms with E-state index in [9.17, 15) is 9.59 Å². The molecular weight excluding hydrogens is 509 g/mol. The van der Waals surface area contributed by atoms with E-state index in [0.717, 1.165) is 12.8 Å². The molecule has 1 aromatic carbocycles. The van der Waals surface area contributed by atoms with E-state index in [2.05, 4.69) is 10.1 Å². The second-order valence-corrected chi connectivity index (χ2v) is 9.42. The predicted octanol–water partition coefficient (Wildman–Crippen LogP) is 5.15. The molecule has 1 heterocycles. The van der Waals surface area contributed by atoms with E-state index in [-0.39, 0.29) is 51.4 Å². The first kappa shape index (κ1) is 27.5. The molecule has 3 rings (SSSR count). The van der Waals surface area contributed by atoms with Gasteiger partial charge in [-0.2, -0.15) is 0 Å². The molecule has 194 valence electrons. The van der Waals surface area contributed by atoms with Gasteiger partial charge in [-0.05, 0) is 57.4 Å². The number of benzene rings is 1. The van der Waals surface area contributed by atoms with E-state index in [1.807, 2.05) is 20.8 Å². The van der Waals surface area contributed by atoms with Crippen molar-refractivity contribution in [3.05, 3.63) is 51.6 Å². The molecule has 2 aromatic rings. The van der Waals surface area contributed by atoms with Crippen LogP contribution in [0.3, 0.4) is 0 Å². The second kappa shape index (κ2) is 12.8. The van der Waals surface area contributed by atoms with Crippen LogP contribution in [0.25, 0.3) is 0 Å². The van der Waals surface area contributed by atoms with Crippen LogP contribution in [0.5, 0.6) is 11.6 Å². The van der Waals surface area contributed by atoms with Gasteiger partial charge >= 0.3 is 11.9 Å². The van der Waals surface area contributed by atoms with E-state index in [1.54, 1.807) is 18.2 Å². The van der Waals surface area contributed by atoms with E-state index in [4.69, 9.17) is 48.0 Å². The molecule has 1 aromatic heterocycles. The van der Waals surface area contributed by atoms with Crippen LogP contribution in [-0.2, 0) is 14.4 Å². The normalized spacial score (nSPS) is 17.3. The molecule has 0 atom stereocenters. The van der Waals surface area contributed by atoms with Crippen LogP contribution in [-0.4, -0.2) is 41.6 Å². The second-order valence-electron chi connectivity index (χ2n) is 8.60. The zero-order chi connectivity index (χ0) is 26.2. The van der Waals surface area contributed by atoms with Gasteiger partial charge in [0.25, 0.3) is 0 Å². The lowest BCUT2D eigenvalue weighted by atomic mass is 9.82. The molecule has 0 saturated heterocycles. The van der Waals surface area contributed by atoms with Crippen molar-refractivity contribution in [2.45, 2.75) is 58.7 Å². The third-order valence-corrected chi connectivity index (χ3v) is 5.89. The van der Waals surface area contributed by atoms with Gasteiger partial charge in [0.15, 0.2) is 5.84 Å². The molecule has 9 nitrogen and oxygen atoms in total. The number of carbonyl (C=O) groups is 2. The molecule has 1 fully saturated rings. The van der Waals surface area contributed by atoms with Crippen LogP contribution >= 0.6 is 23.2 Å². The molecule has 0 bridgehead atoms. The zero-order valence-electron chi connectivity index (χ0n) is 20.3. The maximum atomic E-state index is 12.3. The fourth-order valence-corrected chi connectivity index (χ4v) is 3.78. The molecule has 0 aliphatic heterocycles. The van der Waals surface area contributed by atoms with Crippen LogP contribution < -0.4 is 15.2 Å². The van der Waals surface area contributed by atoms with Gasteiger partial charge in [0.2, 0.25) is 5.88 Å². The minimum absolute atomic E-state index is 0.0792. The van der Waals surface area contributed by atoms with Crippen LogP contribution in [0, 0.1) is 5.92 Å². The third kappa shape index (κ3) is 7.48. The molecule has 0 unspecified atom stereocenters. The number of aromatic nitrogens is 1. The summed E-state index contributed by atoms with van der Waals surface area (Å²) < 4.78 is 16.6. The molecule has 2 N–H and O–H groups in total. The van der Waals surface area contributed by atoms with Crippen molar-refractivity contribution >= 4 is 41.0 Å². The fourth-order valence-electron chi connectivity index (χ4n) is 3.30. The molecule has 0 amide bonds. The lowest BCUT2D eigenvalue weighted by Gasteiger charge is -2.33. The third-order valence-electron chi connectivity index (χ3n) is 5.31. The molecule has 0 spiro atoms. The Hall–Kier alpha value is -3.04. The van der Waals surface area contributed by atoms with E-state index in [1.165, 1.54) is 12.3 Å². The number of hydrogen-bond donors (Lipinski definition) is 1. The first-order valence-corrected chi connectivity index (χ1v) is 12.4. The number of nitrogens with zero attached hydrogens (tertiary/aromatic N) is 2. The summed E-state index contributed by atoms with van der Waals surface area (Å²) in [5.74, 6) is -0.467. The number of carbonyl (C=O) groups excluding carboxylic acids is 2. The van der Waals surface area contributed by atoms with E-state index < -0.39 is 5.97 Å². The highest BCUT2D eigenvalue weighted by Gasteiger charge is 2.37. The summed E-state index contributed by atoms with van der Waals surface area (Å²) >= 11 is 12.4. The minimum atomic E-state index is -0.799. The summed E-state index contributed by atoms with van der Waals surface area (Å²) in [4.78, 5) is 33.2. The lowest BCUT2D eigenvalue weighted by Crippen LogP contribution is -2.39. The van der Waals surface area contributed by atoms with Crippen molar-refractivity contribution in [3.8, 4) is 11.6 Å². The average molecular weight is 538 g/mol. The Balaban J connectivity index is 1.53. The molecule has 1 aliphatic carbocycles. The molecule has 1 aliphatic rings. The maximum absolute atomic E-state index is 12.3. The van der Waals surface area contributed by atoms with Crippen LogP contribution in [0.4, 0.5) is 0 Å². The summed E-state index contributed by atoms with van der Waals surface area (Å²) in [5.41, 5.74) is 6.40. The van der Waals surface area contributed by atoms with E-state index >= 15 is 0 Å². The Kier molecular flexibility index (Phi) is 9.78. The van der Waals surface area contributed by atoms with Crippen molar-refractivity contribution in [2.75, 3.05) is 6.61 Å². The Labute approximate surface area is 219 Å². The van der Waals surface area contributed by atoms with Crippen molar-refractivity contribution in [1.82, 2.24) is 4.98 Å². The average Bonchev–Trinajstić information content (AvgIpc) is 2.80. The summed E-state index contributed by atoms with van der Waals surface area (Å²) in [5, 5.41) is 4.11. The zero-order valence-corrected chi connectivity index (χ0v) is 21.8. The number of nitrogens with two attached hydrogens (primary N) is 1. The van der Waals surface area contributed by atoms with Crippen LogP contribution in [0.1, 0.15) is 62.4 Å². The highest BCUT2D eigenvalue weighted by atomic mass is 35.5. The maximum Gasteiger partial charge on any atom is 0.367 e. The standard InChI is InChI=1S/C25H29Cl2N3O6/c1-4-5-8-33-24(31)15-9-18(10-15)35-17-6-7-19(20(26)12-17)22(28)30-36-25(32)16-11-21(27)23(29-13-16)34-14(2)3/h6-7,11-15,18H,4-5,8-10H2,1-3H3,(H2,28,30)/t15-,18-. The number of rotatable bonds is 11. The van der Waals surface area contributed by atoms with Gasteiger partial charge in [-0.1, -0.05) is 41.7 Å². The molecule has 11 heteroatoms. The Morgan fingerprint density at radius 2 is 1.94 bits per heavy atom. The molecule has 1 saturated carbocycles. The van der Waals surface area contributed by atoms with Crippen molar-refractivity contribution in [3.63, 3.8) is 0 Å². The first-order valence-electron chi connectivity index (χ1n) is 11.7. The van der Waals surface area contributed by atoms with Gasteiger partial charge in [-0.25, -0.2) is 9.78 Å². The number of ether oxygens (including phenoxy) is 3. The number of unbranched alkanes of at least 4 members (excludes halogenated alkanes) is 1. The number of halogens is 2. The van der Waals surface area contributed by atoms with Gasteiger partial charge in [0.05, 0.1) is 29.2 Å². The predicted molar refractivity (Wildman–Crippen MR) is 136 cm³/mol. The topological polar surface area (TPSA) is 122 Å². The summed E-state index contributed by atoms with van der Waals surface area (Å²) in [6.45, 7) is 6.16. The van der Waals surface area contributed by atoms with Gasteiger partial charge in [0.1, 0.15) is 16.9 Å². The van der Waals surface area contributed by atoms with Crippen molar-refractivity contribution in [1.29, 1.82) is 0 Å². The highest BCUT2D eigenvalue weighted by molar-refractivity contribution is 6.34. The Morgan fingerprint density at radius 1 is 1.19 bits per heavy atom. The number of pyridine rings is 1. The minimum Gasteiger partial charge on any atom is -0.490 e. The Morgan fingerprint density at radius 3 is 2.58 bits per heavy atom. The van der Waals surface area contributed by atoms with Crippen molar-refractivity contribution in [2.24, 2.45) is 16.8 Å². The molecule has 0 radical (unpaired) electrons. The van der Waals surface area contributed by atoms with Crippen LogP contribution in [0.2, 0.25) is 10.0 Å². The summed E-state index contributed by atoms with van der Waals surface area (Å²) in [6, 6.07) is 6.24. The van der Waals surface area contributed by atoms with Gasteiger partial charge in [-0.3, -0.25) is 4.79 Å². The summed E-state index contributed by atoms with van der Waals surface area (Å²) in [6.07, 6.45) is 4.07. The fraction of sp³-hybridized carbons (Fsp3) is 0.440. The monoisotopic (exact) mass is 537 g/mol. The number of amidine groups is 1. The number of hydrogen-bond acceptors (Lipinski definition) is 8. The first-order chi connectivity index (χ1) is 17.2. The molecular formula is C25H29Cl2N3O6. The van der Waals surface area contributed by atoms with Gasteiger partial charge in [-0.15, -0.1) is 0 Å². The van der Waals surface area contributed by atoms with Gasteiger partial charge in [0, 0.05) is 11.8 Å². The van der Waals surface area contributed by atoms with E-state index in [0.29, 0.717) is 30.8 Å². The number of esters is 1. The smallest absolute Gasteiger partial charge is 0.367 e. The van der Waals surface area contributed by atoms with Crippen LogP contribution in [0.15, 0.2) is 35.6 Å². The molecule has 36 heavy (non-hydrogen) atoms. The summed E-state index contributed by atoms with van der Waals surface area (Å²) in [7, 11) is 0. The SMILES string of the molecule is CCCCOC(=O)[C@H]1C[C@H](Oc2ccc(/C(N)=N/OC(=O)c3cnc(OC(C)C)c(Cl)c3)c(Cl)c2)C1. The highest BCUT2D eigenvalue weighted by Crippen LogP contribution is 2.33. The van der Waals surface area contributed by atoms with Crippen molar-refractivity contribution < 1.29 is 28.6 Å². The lowest BCUT2D eigenvalue weighted by molar-refractivity contribution is -0.155.